The topological polar surface area (TPSA) is 62.3 Å². The molecule has 0 spiro atoms. The molecule has 1 N–H and O–H groups in total. The maximum Gasteiger partial charge on any atom is 0.246 e. The summed E-state index contributed by atoms with van der Waals surface area (Å²) in [6.45, 7) is 5.40. The van der Waals surface area contributed by atoms with Crippen molar-refractivity contribution < 1.29 is 9.59 Å². The summed E-state index contributed by atoms with van der Waals surface area (Å²) >= 11 is 1.58. The van der Waals surface area contributed by atoms with Crippen LogP contribution in [0.4, 0.5) is 0 Å². The van der Waals surface area contributed by atoms with Crippen molar-refractivity contribution in [2.24, 2.45) is 0 Å². The molecule has 0 aromatic carbocycles. The van der Waals surface area contributed by atoms with E-state index in [0.717, 1.165) is 30.0 Å². The fourth-order valence-corrected chi connectivity index (χ4v) is 3.26. The number of aryl methyl sites for hydroxylation is 1. The van der Waals surface area contributed by atoms with Gasteiger partial charge in [-0.05, 0) is 32.3 Å². The summed E-state index contributed by atoms with van der Waals surface area (Å²) < 4.78 is 0. The van der Waals surface area contributed by atoms with E-state index in [1.165, 1.54) is 11.0 Å². The Morgan fingerprint density at radius 3 is 2.75 bits per heavy atom. The van der Waals surface area contributed by atoms with Crippen LogP contribution >= 0.6 is 11.3 Å². The highest BCUT2D eigenvalue weighted by Gasteiger charge is 2.42. The lowest BCUT2D eigenvalue weighted by molar-refractivity contribution is -0.132. The molecule has 6 heteroatoms. The van der Waals surface area contributed by atoms with Crippen molar-refractivity contribution in [2.45, 2.75) is 31.7 Å². The minimum absolute atomic E-state index is 0.0387. The zero-order valence-electron chi connectivity index (χ0n) is 11.8. The summed E-state index contributed by atoms with van der Waals surface area (Å²) in [5.41, 5.74) is 0.651. The molecular weight excluding hydrogens is 274 g/mol. The van der Waals surface area contributed by atoms with Crippen LogP contribution in [0.1, 0.15) is 30.0 Å². The Morgan fingerprint density at radius 2 is 2.30 bits per heavy atom. The van der Waals surface area contributed by atoms with Crippen LogP contribution in [0, 0.1) is 6.92 Å². The number of likely N-dealkylation sites (N-methyl/N-ethyl adjacent to an activating group) is 1. The van der Waals surface area contributed by atoms with Crippen LogP contribution in [0.5, 0.6) is 0 Å². The third-order valence-electron chi connectivity index (χ3n) is 3.55. The first kappa shape index (κ1) is 14.7. The van der Waals surface area contributed by atoms with Crippen molar-refractivity contribution in [1.82, 2.24) is 15.2 Å². The molecule has 2 amide bonds. The average Bonchev–Trinajstić information content (AvgIpc) is 2.79. The first-order chi connectivity index (χ1) is 9.47. The molecule has 0 aliphatic heterocycles. The van der Waals surface area contributed by atoms with E-state index in [4.69, 9.17) is 0 Å². The number of carbonyl (C=O) groups is 2. The number of aromatic nitrogens is 1. The second-order valence-corrected chi connectivity index (χ2v) is 6.03. The fraction of sp³-hybridized carbons (Fsp3) is 0.500. The SMILES string of the molecule is C=CC(=O)N(C)CC(=O)NC1(c2nc(C)cs2)CCC1. The average molecular weight is 293 g/mol. The molecule has 1 aliphatic carbocycles. The van der Waals surface area contributed by atoms with Crippen LogP contribution in [0.15, 0.2) is 18.0 Å². The fourth-order valence-electron chi connectivity index (χ4n) is 2.25. The van der Waals surface area contributed by atoms with E-state index >= 15 is 0 Å². The standard InChI is InChI=1S/C14H19N3O2S/c1-4-12(19)17(3)8-11(18)16-14(6-5-7-14)13-15-10(2)9-20-13/h4,9H,1,5-8H2,2-3H3,(H,16,18). The molecule has 2 rings (SSSR count). The molecule has 0 bridgehead atoms. The summed E-state index contributed by atoms with van der Waals surface area (Å²) in [6, 6.07) is 0. The van der Waals surface area contributed by atoms with Gasteiger partial charge in [0.15, 0.2) is 0 Å². The predicted molar refractivity (Wildman–Crippen MR) is 78.4 cm³/mol. The molecular formula is C14H19N3O2S. The summed E-state index contributed by atoms with van der Waals surface area (Å²) in [7, 11) is 1.59. The second kappa shape index (κ2) is 5.75. The van der Waals surface area contributed by atoms with Gasteiger partial charge in [0.1, 0.15) is 5.01 Å². The van der Waals surface area contributed by atoms with Gasteiger partial charge in [-0.3, -0.25) is 9.59 Å². The number of rotatable bonds is 5. The molecule has 1 aromatic rings. The summed E-state index contributed by atoms with van der Waals surface area (Å²) in [6.07, 6.45) is 4.10. The highest BCUT2D eigenvalue weighted by molar-refractivity contribution is 7.09. The molecule has 5 nitrogen and oxygen atoms in total. The highest BCUT2D eigenvalue weighted by Crippen LogP contribution is 2.42. The molecule has 0 radical (unpaired) electrons. The van der Waals surface area contributed by atoms with Crippen molar-refractivity contribution >= 4 is 23.2 Å². The van der Waals surface area contributed by atoms with E-state index in [1.807, 2.05) is 12.3 Å². The van der Waals surface area contributed by atoms with E-state index in [-0.39, 0.29) is 23.9 Å². The number of hydrogen-bond donors (Lipinski definition) is 1. The molecule has 0 unspecified atom stereocenters. The Balaban J connectivity index is 2.02. The molecule has 1 saturated carbocycles. The molecule has 1 fully saturated rings. The van der Waals surface area contributed by atoms with Gasteiger partial charge in [0, 0.05) is 18.1 Å². The molecule has 1 aliphatic rings. The van der Waals surface area contributed by atoms with Gasteiger partial charge in [-0.15, -0.1) is 11.3 Å². The van der Waals surface area contributed by atoms with E-state index in [1.54, 1.807) is 18.4 Å². The summed E-state index contributed by atoms with van der Waals surface area (Å²) in [4.78, 5) is 29.3. The Bertz CT molecular complexity index is 534. The van der Waals surface area contributed by atoms with E-state index in [2.05, 4.69) is 16.9 Å². The monoisotopic (exact) mass is 293 g/mol. The van der Waals surface area contributed by atoms with Gasteiger partial charge in [0.25, 0.3) is 0 Å². The maximum atomic E-state index is 12.1. The van der Waals surface area contributed by atoms with Gasteiger partial charge in [-0.2, -0.15) is 0 Å². The van der Waals surface area contributed by atoms with Crippen LogP contribution in [-0.4, -0.2) is 35.3 Å². The Labute approximate surface area is 122 Å². The molecule has 1 aromatic heterocycles. The van der Waals surface area contributed by atoms with Crippen molar-refractivity contribution in [3.8, 4) is 0 Å². The third kappa shape index (κ3) is 2.90. The molecule has 108 valence electrons. The Hall–Kier alpha value is -1.69. The number of hydrogen-bond acceptors (Lipinski definition) is 4. The molecule has 0 saturated heterocycles. The molecule has 0 atom stereocenters. The first-order valence-electron chi connectivity index (χ1n) is 6.58. The van der Waals surface area contributed by atoms with Gasteiger partial charge >= 0.3 is 0 Å². The van der Waals surface area contributed by atoms with Gasteiger partial charge in [-0.1, -0.05) is 6.58 Å². The van der Waals surface area contributed by atoms with Crippen LogP contribution in [0.2, 0.25) is 0 Å². The van der Waals surface area contributed by atoms with E-state index in [0.29, 0.717) is 0 Å². The number of nitrogens with one attached hydrogen (secondary N) is 1. The largest absolute Gasteiger partial charge is 0.343 e. The number of amides is 2. The minimum Gasteiger partial charge on any atom is -0.343 e. The van der Waals surface area contributed by atoms with Crippen LogP contribution in [0.25, 0.3) is 0 Å². The lowest BCUT2D eigenvalue weighted by atomic mass is 9.77. The maximum absolute atomic E-state index is 12.1. The second-order valence-electron chi connectivity index (χ2n) is 5.18. The van der Waals surface area contributed by atoms with Gasteiger partial charge in [-0.25, -0.2) is 4.98 Å². The third-order valence-corrected chi connectivity index (χ3v) is 4.71. The zero-order chi connectivity index (χ0) is 14.8. The quantitative estimate of drug-likeness (QED) is 0.839. The number of nitrogens with zero attached hydrogens (tertiary/aromatic N) is 2. The lowest BCUT2D eigenvalue weighted by Crippen LogP contribution is -2.53. The zero-order valence-corrected chi connectivity index (χ0v) is 12.6. The van der Waals surface area contributed by atoms with Crippen LogP contribution in [0.3, 0.4) is 0 Å². The van der Waals surface area contributed by atoms with Crippen molar-refractivity contribution in [3.05, 3.63) is 28.7 Å². The first-order valence-corrected chi connectivity index (χ1v) is 7.46. The van der Waals surface area contributed by atoms with Crippen molar-refractivity contribution in [3.63, 3.8) is 0 Å². The minimum atomic E-state index is -0.325. The normalized spacial score (nSPS) is 16.1. The van der Waals surface area contributed by atoms with Gasteiger partial charge in [0.2, 0.25) is 11.8 Å². The van der Waals surface area contributed by atoms with Crippen LogP contribution in [-0.2, 0) is 15.1 Å². The lowest BCUT2D eigenvalue weighted by Gasteiger charge is -2.41. The number of thiazole rings is 1. The van der Waals surface area contributed by atoms with E-state index in [9.17, 15) is 9.59 Å². The van der Waals surface area contributed by atoms with Crippen molar-refractivity contribution in [1.29, 1.82) is 0 Å². The molecule has 20 heavy (non-hydrogen) atoms. The molecule has 1 heterocycles. The summed E-state index contributed by atoms with van der Waals surface area (Å²) in [5.74, 6) is -0.414. The smallest absolute Gasteiger partial charge is 0.246 e. The summed E-state index contributed by atoms with van der Waals surface area (Å²) in [5, 5.41) is 6.01. The van der Waals surface area contributed by atoms with Crippen LogP contribution < -0.4 is 5.32 Å². The Morgan fingerprint density at radius 1 is 1.60 bits per heavy atom. The van der Waals surface area contributed by atoms with Gasteiger partial charge in [0.05, 0.1) is 12.1 Å². The van der Waals surface area contributed by atoms with Gasteiger partial charge < -0.3 is 10.2 Å². The Kier molecular flexibility index (Phi) is 4.23. The van der Waals surface area contributed by atoms with Crippen molar-refractivity contribution in [2.75, 3.05) is 13.6 Å². The number of carbonyl (C=O) groups excluding carboxylic acids is 2. The predicted octanol–water partition coefficient (Wildman–Crippen LogP) is 1.59. The highest BCUT2D eigenvalue weighted by atomic mass is 32.1. The van der Waals surface area contributed by atoms with E-state index < -0.39 is 0 Å².